The molecule has 1 aliphatic rings. The average Bonchev–Trinajstić information content (AvgIpc) is 2.65. The van der Waals surface area contributed by atoms with Crippen molar-refractivity contribution in [3.05, 3.63) is 9.98 Å². The van der Waals surface area contributed by atoms with Gasteiger partial charge in [-0.25, -0.2) is 4.98 Å². The molecule has 78 valence electrons. The molecule has 0 amide bonds. The lowest BCUT2D eigenvalue weighted by atomic mass is 10.1. The summed E-state index contributed by atoms with van der Waals surface area (Å²) >= 11 is 7.11. The zero-order chi connectivity index (χ0) is 9.97. The first-order valence-corrected chi connectivity index (χ1v) is 7.64. The van der Waals surface area contributed by atoms with Crippen LogP contribution in [0.4, 0.5) is 5.13 Å². The number of rotatable bonds is 2. The highest BCUT2D eigenvalue weighted by atomic mass is 79.9. The number of piperidine rings is 1. The molecule has 0 N–H and O–H groups in total. The third kappa shape index (κ3) is 2.44. The molecular formula is C9H13BrN2S2. The Morgan fingerprint density at radius 2 is 2.29 bits per heavy atom. The van der Waals surface area contributed by atoms with Crippen molar-refractivity contribution in [2.45, 2.75) is 18.1 Å². The van der Waals surface area contributed by atoms with Gasteiger partial charge in [-0.3, -0.25) is 0 Å². The van der Waals surface area contributed by atoms with Crippen LogP contribution in [0.1, 0.15) is 12.8 Å². The van der Waals surface area contributed by atoms with Gasteiger partial charge in [0.2, 0.25) is 0 Å². The maximum absolute atomic E-state index is 4.44. The van der Waals surface area contributed by atoms with Gasteiger partial charge in [-0.05, 0) is 35.0 Å². The Morgan fingerprint density at radius 3 is 2.79 bits per heavy atom. The van der Waals surface area contributed by atoms with Gasteiger partial charge in [0.25, 0.3) is 0 Å². The summed E-state index contributed by atoms with van der Waals surface area (Å²) in [6.45, 7) is 2.32. The van der Waals surface area contributed by atoms with Crippen molar-refractivity contribution in [1.82, 2.24) is 4.98 Å². The Morgan fingerprint density at radius 1 is 1.57 bits per heavy atom. The third-order valence-corrected chi connectivity index (χ3v) is 5.26. The van der Waals surface area contributed by atoms with Crippen molar-refractivity contribution >= 4 is 44.2 Å². The fraction of sp³-hybridized carbons (Fsp3) is 0.667. The molecule has 14 heavy (non-hydrogen) atoms. The van der Waals surface area contributed by atoms with Crippen LogP contribution in [0.3, 0.4) is 0 Å². The van der Waals surface area contributed by atoms with Crippen LogP contribution >= 0.6 is 39.0 Å². The smallest absolute Gasteiger partial charge is 0.186 e. The molecular weight excluding hydrogens is 280 g/mol. The topological polar surface area (TPSA) is 16.1 Å². The Bertz CT molecular complexity index is 295. The highest BCUT2D eigenvalue weighted by Gasteiger charge is 2.20. The Balaban J connectivity index is 1.95. The SMILES string of the molecule is CSC1CCN(c2nc(Br)cs2)CC1. The molecule has 1 saturated heterocycles. The first-order valence-electron chi connectivity index (χ1n) is 4.68. The van der Waals surface area contributed by atoms with Crippen LogP contribution in [0.5, 0.6) is 0 Å². The fourth-order valence-electron chi connectivity index (χ4n) is 1.67. The van der Waals surface area contributed by atoms with Gasteiger partial charge in [0.1, 0.15) is 4.60 Å². The van der Waals surface area contributed by atoms with Crippen molar-refractivity contribution in [3.8, 4) is 0 Å². The molecule has 2 heterocycles. The molecule has 5 heteroatoms. The van der Waals surface area contributed by atoms with E-state index in [1.807, 2.05) is 11.8 Å². The van der Waals surface area contributed by atoms with E-state index in [9.17, 15) is 0 Å². The highest BCUT2D eigenvalue weighted by molar-refractivity contribution is 9.10. The van der Waals surface area contributed by atoms with E-state index in [2.05, 4.69) is 37.4 Å². The van der Waals surface area contributed by atoms with Gasteiger partial charge in [-0.15, -0.1) is 11.3 Å². The largest absolute Gasteiger partial charge is 0.348 e. The number of aromatic nitrogens is 1. The minimum atomic E-state index is 0.856. The lowest BCUT2D eigenvalue weighted by Crippen LogP contribution is -2.34. The van der Waals surface area contributed by atoms with E-state index in [-0.39, 0.29) is 0 Å². The van der Waals surface area contributed by atoms with Gasteiger partial charge >= 0.3 is 0 Å². The van der Waals surface area contributed by atoms with Gasteiger partial charge in [-0.2, -0.15) is 11.8 Å². The first-order chi connectivity index (χ1) is 6.79. The summed E-state index contributed by atoms with van der Waals surface area (Å²) in [5, 5.41) is 4.07. The van der Waals surface area contributed by atoms with Crippen LogP contribution in [0.2, 0.25) is 0 Å². The average molecular weight is 293 g/mol. The van der Waals surface area contributed by atoms with Gasteiger partial charge < -0.3 is 4.90 Å². The van der Waals surface area contributed by atoms with E-state index in [0.29, 0.717) is 0 Å². The van der Waals surface area contributed by atoms with Gasteiger partial charge in [0.05, 0.1) is 0 Å². The second kappa shape index (κ2) is 4.86. The molecule has 0 aromatic carbocycles. The number of halogens is 1. The molecule has 0 bridgehead atoms. The van der Waals surface area contributed by atoms with E-state index >= 15 is 0 Å². The standard InChI is InChI=1S/C9H13BrN2S2/c1-13-7-2-4-12(5-3-7)9-11-8(10)6-14-9/h6-7H,2-5H2,1H3. The van der Waals surface area contributed by atoms with Crippen molar-refractivity contribution in [2.75, 3.05) is 24.2 Å². The molecule has 1 aliphatic heterocycles. The van der Waals surface area contributed by atoms with Gasteiger partial charge in [0.15, 0.2) is 5.13 Å². The summed E-state index contributed by atoms with van der Waals surface area (Å²) in [6, 6.07) is 0. The molecule has 1 fully saturated rings. The zero-order valence-corrected chi connectivity index (χ0v) is 11.3. The lowest BCUT2D eigenvalue weighted by molar-refractivity contribution is 0.590. The Hall–Kier alpha value is 0.260. The van der Waals surface area contributed by atoms with E-state index in [4.69, 9.17) is 0 Å². The zero-order valence-electron chi connectivity index (χ0n) is 8.07. The molecule has 0 aliphatic carbocycles. The maximum Gasteiger partial charge on any atom is 0.186 e. The van der Waals surface area contributed by atoms with Gasteiger partial charge in [-0.1, -0.05) is 0 Å². The molecule has 0 atom stereocenters. The summed E-state index contributed by atoms with van der Waals surface area (Å²) in [7, 11) is 0. The van der Waals surface area contributed by atoms with Crippen LogP contribution in [-0.4, -0.2) is 29.6 Å². The molecule has 2 rings (SSSR count). The second-order valence-electron chi connectivity index (χ2n) is 3.37. The highest BCUT2D eigenvalue weighted by Crippen LogP contribution is 2.28. The number of thioether (sulfide) groups is 1. The number of hydrogen-bond acceptors (Lipinski definition) is 4. The quantitative estimate of drug-likeness (QED) is 0.833. The number of anilines is 1. The van der Waals surface area contributed by atoms with E-state index in [1.54, 1.807) is 11.3 Å². The van der Waals surface area contributed by atoms with Crippen LogP contribution in [0, 0.1) is 0 Å². The Kier molecular flexibility index (Phi) is 3.73. The monoisotopic (exact) mass is 292 g/mol. The van der Waals surface area contributed by atoms with Crippen molar-refractivity contribution in [3.63, 3.8) is 0 Å². The van der Waals surface area contributed by atoms with Crippen LogP contribution in [-0.2, 0) is 0 Å². The Labute approximate surface area is 101 Å². The summed E-state index contributed by atoms with van der Waals surface area (Å²) < 4.78 is 0.962. The summed E-state index contributed by atoms with van der Waals surface area (Å²) in [5.74, 6) is 0. The molecule has 2 nitrogen and oxygen atoms in total. The third-order valence-electron chi connectivity index (χ3n) is 2.51. The minimum absolute atomic E-state index is 0.856. The minimum Gasteiger partial charge on any atom is -0.348 e. The van der Waals surface area contributed by atoms with Crippen LogP contribution in [0.25, 0.3) is 0 Å². The normalized spacial score (nSPS) is 18.9. The first kappa shape index (κ1) is 10.8. The molecule has 0 radical (unpaired) electrons. The number of nitrogens with zero attached hydrogens (tertiary/aromatic N) is 2. The number of thiazole rings is 1. The molecule has 1 aromatic heterocycles. The van der Waals surface area contributed by atoms with Crippen LogP contribution < -0.4 is 4.90 Å². The molecule has 0 spiro atoms. The van der Waals surface area contributed by atoms with Crippen molar-refractivity contribution in [1.29, 1.82) is 0 Å². The molecule has 0 saturated carbocycles. The molecule has 0 unspecified atom stereocenters. The summed E-state index contributed by atoms with van der Waals surface area (Å²) in [4.78, 5) is 6.83. The predicted octanol–water partition coefficient (Wildman–Crippen LogP) is 3.24. The van der Waals surface area contributed by atoms with E-state index in [0.717, 1.165) is 28.1 Å². The predicted molar refractivity (Wildman–Crippen MR) is 68.6 cm³/mol. The fourth-order valence-corrected chi connectivity index (χ4v) is 3.66. The van der Waals surface area contributed by atoms with Crippen molar-refractivity contribution in [2.24, 2.45) is 0 Å². The maximum atomic E-state index is 4.44. The lowest BCUT2D eigenvalue weighted by Gasteiger charge is -2.30. The van der Waals surface area contributed by atoms with E-state index < -0.39 is 0 Å². The van der Waals surface area contributed by atoms with Crippen molar-refractivity contribution < 1.29 is 0 Å². The summed E-state index contributed by atoms with van der Waals surface area (Å²) in [5.41, 5.74) is 0. The van der Waals surface area contributed by atoms with Gasteiger partial charge in [0, 0.05) is 23.7 Å². The van der Waals surface area contributed by atoms with Crippen LogP contribution in [0.15, 0.2) is 9.98 Å². The molecule has 1 aromatic rings. The number of hydrogen-bond donors (Lipinski definition) is 0. The van der Waals surface area contributed by atoms with E-state index in [1.165, 1.54) is 12.8 Å². The second-order valence-corrected chi connectivity index (χ2v) is 6.16. The summed E-state index contributed by atoms with van der Waals surface area (Å²) in [6.07, 6.45) is 4.79.